The number of ether oxygens (including phenoxy) is 1. The molecule has 0 bridgehead atoms. The number of nitrogens with one attached hydrogen (secondary N) is 1. The number of benzene rings is 2. The van der Waals surface area contributed by atoms with Gasteiger partial charge in [0.1, 0.15) is 12.4 Å². The molecule has 0 aliphatic heterocycles. The summed E-state index contributed by atoms with van der Waals surface area (Å²) in [5.41, 5.74) is 2.07. The van der Waals surface area contributed by atoms with Crippen LogP contribution in [0.3, 0.4) is 0 Å². The van der Waals surface area contributed by atoms with E-state index in [9.17, 15) is 9.59 Å². The Balaban J connectivity index is 1.45. The van der Waals surface area contributed by atoms with Crippen LogP contribution in [0.2, 0.25) is 0 Å². The minimum absolute atomic E-state index is 0.0440. The van der Waals surface area contributed by atoms with Crippen LogP contribution in [0.4, 0.5) is 0 Å². The molecule has 27 heavy (non-hydrogen) atoms. The van der Waals surface area contributed by atoms with Crippen LogP contribution in [0.25, 0.3) is 0 Å². The molecule has 0 saturated heterocycles. The number of para-hydroxylation sites is 1. The third-order valence-corrected chi connectivity index (χ3v) is 5.03. The standard InChI is InChI=1S/C22H25NO4/c24-21(18-5-4-6-19(13-18)22(25)26)23-14-16-9-11-17(12-10-16)15-27-20-7-2-1-3-8-20/h1-3,7-12,18-19H,4-6,13-15H2,(H,23,24)(H,25,26). The van der Waals surface area contributed by atoms with E-state index in [1.165, 1.54) is 0 Å². The topological polar surface area (TPSA) is 75.6 Å². The molecule has 5 heteroatoms. The first-order valence-corrected chi connectivity index (χ1v) is 9.38. The molecule has 1 amide bonds. The molecule has 0 radical (unpaired) electrons. The lowest BCUT2D eigenvalue weighted by Crippen LogP contribution is -2.35. The van der Waals surface area contributed by atoms with Crippen LogP contribution in [0, 0.1) is 11.8 Å². The summed E-state index contributed by atoms with van der Waals surface area (Å²) in [5.74, 6) is -0.587. The third-order valence-electron chi connectivity index (χ3n) is 5.03. The van der Waals surface area contributed by atoms with E-state index in [0.29, 0.717) is 26.0 Å². The second-order valence-corrected chi connectivity index (χ2v) is 7.03. The number of amides is 1. The highest BCUT2D eigenvalue weighted by molar-refractivity contribution is 5.80. The number of hydrogen-bond acceptors (Lipinski definition) is 3. The quantitative estimate of drug-likeness (QED) is 0.781. The molecule has 3 rings (SSSR count). The molecule has 0 heterocycles. The average Bonchev–Trinajstić information content (AvgIpc) is 2.72. The van der Waals surface area contributed by atoms with E-state index in [1.54, 1.807) is 0 Å². The molecule has 1 saturated carbocycles. The zero-order valence-corrected chi connectivity index (χ0v) is 15.3. The van der Waals surface area contributed by atoms with Crippen LogP contribution in [-0.2, 0) is 22.7 Å². The molecule has 1 fully saturated rings. The number of carboxylic acid groups (broad SMARTS) is 1. The van der Waals surface area contributed by atoms with Gasteiger partial charge in [-0.15, -0.1) is 0 Å². The monoisotopic (exact) mass is 367 g/mol. The summed E-state index contributed by atoms with van der Waals surface area (Å²) in [4.78, 5) is 23.5. The molecule has 1 aliphatic rings. The number of carbonyl (C=O) groups is 2. The predicted octanol–water partition coefficient (Wildman–Crippen LogP) is 3.77. The Kier molecular flexibility index (Phi) is 6.47. The highest BCUT2D eigenvalue weighted by Crippen LogP contribution is 2.29. The SMILES string of the molecule is O=C(O)C1CCCC(C(=O)NCc2ccc(COc3ccccc3)cc2)C1. The molecule has 1 aliphatic carbocycles. The minimum atomic E-state index is -0.791. The van der Waals surface area contributed by atoms with Gasteiger partial charge >= 0.3 is 5.97 Å². The first kappa shape index (κ1) is 19.0. The van der Waals surface area contributed by atoms with Crippen molar-refractivity contribution in [3.63, 3.8) is 0 Å². The summed E-state index contributed by atoms with van der Waals surface area (Å²) in [7, 11) is 0. The van der Waals surface area contributed by atoms with Gasteiger partial charge in [-0.3, -0.25) is 9.59 Å². The van der Waals surface area contributed by atoms with Gasteiger partial charge in [0.25, 0.3) is 0 Å². The van der Waals surface area contributed by atoms with Gasteiger partial charge in [0.15, 0.2) is 0 Å². The van der Waals surface area contributed by atoms with Gasteiger partial charge in [0, 0.05) is 12.5 Å². The summed E-state index contributed by atoms with van der Waals surface area (Å²) in [5, 5.41) is 12.1. The highest BCUT2D eigenvalue weighted by Gasteiger charge is 2.30. The molecular weight excluding hydrogens is 342 g/mol. The summed E-state index contributed by atoms with van der Waals surface area (Å²) < 4.78 is 5.72. The van der Waals surface area contributed by atoms with Gasteiger partial charge in [0.05, 0.1) is 5.92 Å². The Morgan fingerprint density at radius 1 is 0.963 bits per heavy atom. The Bertz CT molecular complexity index is 758. The zero-order chi connectivity index (χ0) is 19.1. The van der Waals surface area contributed by atoms with Crippen molar-refractivity contribution in [1.82, 2.24) is 5.32 Å². The molecule has 5 nitrogen and oxygen atoms in total. The van der Waals surface area contributed by atoms with E-state index in [4.69, 9.17) is 9.84 Å². The van der Waals surface area contributed by atoms with Gasteiger partial charge in [0.2, 0.25) is 5.91 Å². The summed E-state index contributed by atoms with van der Waals surface area (Å²) in [6.07, 6.45) is 2.68. The Labute approximate surface area is 159 Å². The smallest absolute Gasteiger partial charge is 0.306 e. The maximum atomic E-state index is 12.3. The Morgan fingerprint density at radius 2 is 1.63 bits per heavy atom. The predicted molar refractivity (Wildman–Crippen MR) is 102 cm³/mol. The molecule has 2 aromatic carbocycles. The van der Waals surface area contributed by atoms with Gasteiger partial charge in [-0.1, -0.05) is 48.9 Å². The second kappa shape index (κ2) is 9.21. The fraction of sp³-hybridized carbons (Fsp3) is 0.364. The molecule has 2 unspecified atom stereocenters. The molecule has 2 atom stereocenters. The normalized spacial score (nSPS) is 19.3. The van der Waals surface area contributed by atoms with Crippen molar-refractivity contribution < 1.29 is 19.4 Å². The van der Waals surface area contributed by atoms with Gasteiger partial charge in [-0.05, 0) is 42.5 Å². The van der Waals surface area contributed by atoms with Crippen LogP contribution in [-0.4, -0.2) is 17.0 Å². The van der Waals surface area contributed by atoms with Crippen LogP contribution in [0.5, 0.6) is 5.75 Å². The maximum Gasteiger partial charge on any atom is 0.306 e. The van der Waals surface area contributed by atoms with E-state index < -0.39 is 11.9 Å². The maximum absolute atomic E-state index is 12.3. The summed E-state index contributed by atoms with van der Waals surface area (Å²) in [6, 6.07) is 17.6. The number of hydrogen-bond donors (Lipinski definition) is 2. The van der Waals surface area contributed by atoms with Crippen LogP contribution < -0.4 is 10.1 Å². The summed E-state index contributed by atoms with van der Waals surface area (Å²) >= 11 is 0. The molecular formula is C22H25NO4. The van der Waals surface area contributed by atoms with Gasteiger partial charge in [-0.25, -0.2) is 0 Å². The van der Waals surface area contributed by atoms with Crippen molar-refractivity contribution in [1.29, 1.82) is 0 Å². The number of aliphatic carboxylic acids is 1. The van der Waals surface area contributed by atoms with Crippen molar-refractivity contribution in [2.75, 3.05) is 0 Å². The Hall–Kier alpha value is -2.82. The fourth-order valence-corrected chi connectivity index (χ4v) is 3.42. The average molecular weight is 367 g/mol. The lowest BCUT2D eigenvalue weighted by atomic mass is 9.81. The second-order valence-electron chi connectivity index (χ2n) is 7.03. The number of carboxylic acids is 1. The van der Waals surface area contributed by atoms with Crippen LogP contribution in [0.1, 0.15) is 36.8 Å². The summed E-state index contributed by atoms with van der Waals surface area (Å²) in [6.45, 7) is 0.947. The first-order chi connectivity index (χ1) is 13.1. The van der Waals surface area contributed by atoms with Crippen molar-refractivity contribution in [2.24, 2.45) is 11.8 Å². The van der Waals surface area contributed by atoms with E-state index in [0.717, 1.165) is 29.7 Å². The molecule has 0 aromatic heterocycles. The largest absolute Gasteiger partial charge is 0.489 e. The van der Waals surface area contributed by atoms with E-state index >= 15 is 0 Å². The zero-order valence-electron chi connectivity index (χ0n) is 15.3. The number of carbonyl (C=O) groups excluding carboxylic acids is 1. The molecule has 0 spiro atoms. The molecule has 2 N–H and O–H groups in total. The van der Waals surface area contributed by atoms with Crippen molar-refractivity contribution in [2.45, 2.75) is 38.8 Å². The minimum Gasteiger partial charge on any atom is -0.489 e. The lowest BCUT2D eigenvalue weighted by Gasteiger charge is -2.25. The van der Waals surface area contributed by atoms with Crippen molar-refractivity contribution in [3.8, 4) is 5.75 Å². The van der Waals surface area contributed by atoms with Gasteiger partial charge < -0.3 is 15.2 Å². The van der Waals surface area contributed by atoms with E-state index in [-0.39, 0.29) is 11.8 Å². The van der Waals surface area contributed by atoms with Gasteiger partial charge in [-0.2, -0.15) is 0 Å². The van der Waals surface area contributed by atoms with Crippen LogP contribution in [0.15, 0.2) is 54.6 Å². The van der Waals surface area contributed by atoms with Crippen molar-refractivity contribution in [3.05, 3.63) is 65.7 Å². The highest BCUT2D eigenvalue weighted by atomic mass is 16.5. The van der Waals surface area contributed by atoms with Crippen LogP contribution >= 0.6 is 0 Å². The number of rotatable bonds is 7. The van der Waals surface area contributed by atoms with E-state index in [2.05, 4.69) is 5.32 Å². The molecule has 142 valence electrons. The fourth-order valence-electron chi connectivity index (χ4n) is 3.42. The molecule has 2 aromatic rings. The third kappa shape index (κ3) is 5.58. The Morgan fingerprint density at radius 3 is 2.33 bits per heavy atom. The first-order valence-electron chi connectivity index (χ1n) is 9.38. The van der Waals surface area contributed by atoms with Crippen molar-refractivity contribution >= 4 is 11.9 Å². The van der Waals surface area contributed by atoms with E-state index in [1.807, 2.05) is 54.6 Å². The lowest BCUT2D eigenvalue weighted by molar-refractivity contribution is -0.144.